The number of benzene rings is 2. The third-order valence-corrected chi connectivity index (χ3v) is 7.89. The molecule has 0 unspecified atom stereocenters. The molecule has 3 heterocycles. The van der Waals surface area contributed by atoms with E-state index >= 15 is 0 Å². The highest BCUT2D eigenvalue weighted by molar-refractivity contribution is 7.92. The molecular formula is C33H35N5O6S. The third-order valence-electron chi connectivity index (χ3n) is 7.31. The molecular weight excluding hydrogens is 594 g/mol. The van der Waals surface area contributed by atoms with Gasteiger partial charge < -0.3 is 23.8 Å². The number of sulfonamides is 1. The summed E-state index contributed by atoms with van der Waals surface area (Å²) in [6.45, 7) is 2.78. The lowest BCUT2D eigenvalue weighted by Gasteiger charge is -2.28. The van der Waals surface area contributed by atoms with Crippen LogP contribution in [-0.2, 0) is 23.1 Å². The third kappa shape index (κ3) is 7.18. The molecule has 11 nitrogen and oxygen atoms in total. The summed E-state index contributed by atoms with van der Waals surface area (Å²) in [7, 11) is 2.91. The first-order chi connectivity index (χ1) is 21.6. The Balaban J connectivity index is 1.74. The number of anilines is 2. The van der Waals surface area contributed by atoms with Crippen molar-refractivity contribution in [2.45, 2.75) is 20.0 Å². The van der Waals surface area contributed by atoms with Crippen molar-refractivity contribution in [2.75, 3.05) is 44.3 Å². The van der Waals surface area contributed by atoms with Crippen LogP contribution in [0, 0.1) is 6.92 Å². The number of nitrogens with one attached hydrogen (secondary N) is 1. The number of aromatic nitrogens is 3. The van der Waals surface area contributed by atoms with Crippen LogP contribution in [0.25, 0.3) is 22.0 Å². The van der Waals surface area contributed by atoms with Gasteiger partial charge in [0.1, 0.15) is 34.6 Å². The molecule has 2 aromatic carbocycles. The van der Waals surface area contributed by atoms with Gasteiger partial charge in [0, 0.05) is 65.9 Å². The number of nitrogens with zero attached hydrogens (tertiary/aromatic N) is 4. The summed E-state index contributed by atoms with van der Waals surface area (Å²) in [6, 6.07) is 16.9. The molecule has 234 valence electrons. The van der Waals surface area contributed by atoms with Crippen molar-refractivity contribution in [1.82, 2.24) is 15.0 Å². The first kappa shape index (κ1) is 31.3. The summed E-state index contributed by atoms with van der Waals surface area (Å²) in [6.07, 6.45) is 6.23. The fourth-order valence-electron chi connectivity index (χ4n) is 5.07. The van der Waals surface area contributed by atoms with Gasteiger partial charge in [-0.05, 0) is 60.3 Å². The highest BCUT2D eigenvalue weighted by Gasteiger charge is 2.21. The normalized spacial score (nSPS) is 11.2. The van der Waals surface area contributed by atoms with Gasteiger partial charge in [-0.25, -0.2) is 18.4 Å². The molecule has 0 atom stereocenters. The Kier molecular flexibility index (Phi) is 9.24. The molecule has 1 N–H and O–H groups in total. The molecule has 12 heteroatoms. The Labute approximate surface area is 262 Å². The van der Waals surface area contributed by atoms with Gasteiger partial charge in [-0.3, -0.25) is 9.71 Å². The molecule has 0 aliphatic rings. The molecule has 0 amide bonds. The Morgan fingerprint density at radius 3 is 1.96 bits per heavy atom. The summed E-state index contributed by atoms with van der Waals surface area (Å²) in [5.74, 6) is 3.49. The zero-order valence-electron chi connectivity index (χ0n) is 26.0. The number of methoxy groups -OCH3 is 4. The Hall–Kier alpha value is -5.10. The number of ether oxygens (including phenoxy) is 4. The molecule has 45 heavy (non-hydrogen) atoms. The van der Waals surface area contributed by atoms with E-state index in [9.17, 15) is 8.42 Å². The lowest BCUT2D eigenvalue weighted by molar-refractivity contribution is 0.389. The van der Waals surface area contributed by atoms with E-state index in [4.69, 9.17) is 23.9 Å². The van der Waals surface area contributed by atoms with Crippen LogP contribution >= 0.6 is 0 Å². The number of aryl methyl sites for hydroxylation is 1. The van der Waals surface area contributed by atoms with Crippen LogP contribution in [0.15, 0.2) is 73.2 Å². The number of pyridine rings is 3. The molecule has 0 saturated carbocycles. The van der Waals surface area contributed by atoms with Gasteiger partial charge >= 0.3 is 0 Å². The number of rotatable bonds is 12. The minimum atomic E-state index is -3.55. The van der Waals surface area contributed by atoms with Gasteiger partial charge in [-0.15, -0.1) is 0 Å². The second-order valence-electron chi connectivity index (χ2n) is 10.4. The zero-order valence-corrected chi connectivity index (χ0v) is 26.8. The molecule has 0 aliphatic carbocycles. The molecule has 0 fully saturated rings. The van der Waals surface area contributed by atoms with Crippen molar-refractivity contribution < 1.29 is 27.4 Å². The molecule has 0 aliphatic heterocycles. The van der Waals surface area contributed by atoms with E-state index < -0.39 is 10.0 Å². The van der Waals surface area contributed by atoms with Crippen molar-refractivity contribution in [3.8, 4) is 34.3 Å². The van der Waals surface area contributed by atoms with E-state index in [0.29, 0.717) is 47.6 Å². The van der Waals surface area contributed by atoms with E-state index in [1.807, 2.05) is 55.5 Å². The summed E-state index contributed by atoms with van der Waals surface area (Å²) in [5.41, 5.74) is 4.30. The van der Waals surface area contributed by atoms with E-state index in [1.165, 1.54) is 0 Å². The number of hydrogen-bond acceptors (Lipinski definition) is 10. The van der Waals surface area contributed by atoms with Gasteiger partial charge in [0.25, 0.3) is 0 Å². The largest absolute Gasteiger partial charge is 0.497 e. The van der Waals surface area contributed by atoms with Crippen molar-refractivity contribution in [1.29, 1.82) is 0 Å². The minimum absolute atomic E-state index is 0.205. The Morgan fingerprint density at radius 1 is 0.800 bits per heavy atom. The van der Waals surface area contributed by atoms with Crippen molar-refractivity contribution in [3.05, 3.63) is 89.9 Å². The van der Waals surface area contributed by atoms with E-state index in [2.05, 4.69) is 19.6 Å². The molecule has 5 aromatic rings. The quantitative estimate of drug-likeness (QED) is 0.186. The Morgan fingerprint density at radius 2 is 1.42 bits per heavy atom. The molecule has 0 radical (unpaired) electrons. The first-order valence-corrected chi connectivity index (χ1v) is 15.9. The maximum absolute atomic E-state index is 12.0. The van der Waals surface area contributed by atoms with Gasteiger partial charge in [-0.1, -0.05) is 0 Å². The predicted molar refractivity (Wildman–Crippen MR) is 175 cm³/mol. The van der Waals surface area contributed by atoms with Crippen LogP contribution < -0.4 is 28.6 Å². The van der Waals surface area contributed by atoms with Gasteiger partial charge in [0.2, 0.25) is 10.0 Å². The van der Waals surface area contributed by atoms with Crippen LogP contribution in [0.2, 0.25) is 0 Å². The highest BCUT2D eigenvalue weighted by Crippen LogP contribution is 2.36. The molecule has 5 rings (SSSR count). The van der Waals surface area contributed by atoms with Gasteiger partial charge in [0.05, 0.1) is 40.4 Å². The number of fused-ring (bicyclic) bond motifs is 1. The summed E-state index contributed by atoms with van der Waals surface area (Å²) >= 11 is 0. The van der Waals surface area contributed by atoms with Crippen LogP contribution in [0.5, 0.6) is 23.0 Å². The fraction of sp³-hybridized carbons (Fsp3) is 0.242. The summed E-state index contributed by atoms with van der Waals surface area (Å²) in [4.78, 5) is 16.1. The highest BCUT2D eigenvalue weighted by atomic mass is 32.2. The standard InChI is InChI=1S/C33H35N5O6S/c1-21-11-12-34-17-27(21)29-13-24-14-32(37-45(6,39)40)35-18-28(24)33(36-29)38(19-22-7-9-25(41-2)15-30(22)43-4)20-23-8-10-26(42-3)16-31(23)44-5/h7-18H,19-20H2,1-6H3,(H,35,37). The van der Waals surface area contributed by atoms with Crippen molar-refractivity contribution in [3.63, 3.8) is 0 Å². The fourth-order valence-corrected chi connectivity index (χ4v) is 5.56. The molecule has 0 bridgehead atoms. The maximum atomic E-state index is 12.0. The van der Waals surface area contributed by atoms with Gasteiger partial charge in [-0.2, -0.15) is 0 Å². The second-order valence-corrected chi connectivity index (χ2v) is 12.1. The topological polar surface area (TPSA) is 125 Å². The average Bonchev–Trinajstić information content (AvgIpc) is 3.03. The lowest BCUT2D eigenvalue weighted by atomic mass is 10.0. The van der Waals surface area contributed by atoms with Crippen LogP contribution in [-0.4, -0.2) is 58.1 Å². The van der Waals surface area contributed by atoms with Crippen LogP contribution in [0.3, 0.4) is 0 Å². The smallest absolute Gasteiger partial charge is 0.230 e. The SMILES string of the molecule is COc1ccc(CN(Cc2ccc(OC)cc2OC)c2nc(-c3cnccc3C)cc3cc(NS(C)(=O)=O)ncc23)c(OC)c1. The average molecular weight is 630 g/mol. The second kappa shape index (κ2) is 13.3. The molecule has 3 aromatic heterocycles. The maximum Gasteiger partial charge on any atom is 0.230 e. The molecule has 0 saturated heterocycles. The Bertz CT molecular complexity index is 1890. The lowest BCUT2D eigenvalue weighted by Crippen LogP contribution is -2.24. The van der Waals surface area contributed by atoms with Crippen LogP contribution in [0.4, 0.5) is 11.6 Å². The van der Waals surface area contributed by atoms with E-state index in [-0.39, 0.29) is 5.82 Å². The van der Waals surface area contributed by atoms with Crippen molar-refractivity contribution in [2.24, 2.45) is 0 Å². The van der Waals surface area contributed by atoms with E-state index in [1.54, 1.807) is 53.1 Å². The summed E-state index contributed by atoms with van der Waals surface area (Å²) < 4.78 is 48.9. The molecule has 0 spiro atoms. The van der Waals surface area contributed by atoms with Gasteiger partial charge in [0.15, 0.2) is 0 Å². The van der Waals surface area contributed by atoms with Crippen LogP contribution in [0.1, 0.15) is 16.7 Å². The zero-order chi connectivity index (χ0) is 32.1. The monoisotopic (exact) mass is 629 g/mol. The summed E-state index contributed by atoms with van der Waals surface area (Å²) in [5, 5.41) is 1.46. The van der Waals surface area contributed by atoms with E-state index in [0.717, 1.165) is 39.3 Å². The first-order valence-electron chi connectivity index (χ1n) is 14.0. The minimum Gasteiger partial charge on any atom is -0.497 e. The number of hydrogen-bond donors (Lipinski definition) is 1. The predicted octanol–water partition coefficient (Wildman–Crippen LogP) is 5.61. The van der Waals surface area contributed by atoms with Crippen molar-refractivity contribution >= 4 is 32.4 Å².